The standard InChI is InChI=1S/C16H23N3O2S/c1-2-12-3-4-13(22-12)11-18-7-9-19(10-8-18)16(21)14-5-6-15(20)17-14/h3-4,14H,2,5-11H2,1H3,(H,17,20)/t14-/m0/s1. The summed E-state index contributed by atoms with van der Waals surface area (Å²) in [7, 11) is 0. The monoisotopic (exact) mass is 321 g/mol. The summed E-state index contributed by atoms with van der Waals surface area (Å²) in [5.41, 5.74) is 0. The zero-order valence-electron chi connectivity index (χ0n) is 13.0. The fourth-order valence-electron chi connectivity index (χ4n) is 3.06. The number of nitrogens with zero attached hydrogens (tertiary/aromatic N) is 2. The molecule has 2 fully saturated rings. The molecule has 2 aliphatic rings. The molecule has 1 aromatic rings. The average molecular weight is 321 g/mol. The first-order valence-electron chi connectivity index (χ1n) is 8.04. The number of thiophene rings is 1. The van der Waals surface area contributed by atoms with Gasteiger partial charge in [-0.25, -0.2) is 0 Å². The molecule has 2 aliphatic heterocycles. The molecule has 3 heterocycles. The van der Waals surface area contributed by atoms with Crippen LogP contribution in [-0.2, 0) is 22.6 Å². The van der Waals surface area contributed by atoms with Gasteiger partial charge in [0.15, 0.2) is 0 Å². The van der Waals surface area contributed by atoms with Crippen molar-refractivity contribution in [3.05, 3.63) is 21.9 Å². The first-order valence-corrected chi connectivity index (χ1v) is 8.85. The number of aryl methyl sites for hydroxylation is 1. The molecule has 3 rings (SSSR count). The van der Waals surface area contributed by atoms with Crippen LogP contribution < -0.4 is 5.32 Å². The van der Waals surface area contributed by atoms with Gasteiger partial charge in [-0.05, 0) is 25.0 Å². The summed E-state index contributed by atoms with van der Waals surface area (Å²) in [5, 5.41) is 2.77. The lowest BCUT2D eigenvalue weighted by Crippen LogP contribution is -2.53. The van der Waals surface area contributed by atoms with Crippen LogP contribution in [0.15, 0.2) is 12.1 Å². The Morgan fingerprint density at radius 3 is 2.59 bits per heavy atom. The van der Waals surface area contributed by atoms with Gasteiger partial charge < -0.3 is 10.2 Å². The lowest BCUT2D eigenvalue weighted by Gasteiger charge is -2.35. The van der Waals surface area contributed by atoms with Gasteiger partial charge in [0, 0.05) is 48.9 Å². The molecule has 0 aromatic carbocycles. The van der Waals surface area contributed by atoms with E-state index in [2.05, 4.69) is 29.3 Å². The Hall–Kier alpha value is -1.40. The molecule has 0 bridgehead atoms. The fourth-order valence-corrected chi connectivity index (χ4v) is 4.06. The lowest BCUT2D eigenvalue weighted by molar-refractivity contribution is -0.136. The van der Waals surface area contributed by atoms with E-state index in [1.807, 2.05) is 16.2 Å². The Labute approximate surface area is 135 Å². The second-order valence-electron chi connectivity index (χ2n) is 5.98. The molecule has 0 spiro atoms. The molecule has 2 saturated heterocycles. The highest BCUT2D eigenvalue weighted by Crippen LogP contribution is 2.20. The summed E-state index contributed by atoms with van der Waals surface area (Å²) >= 11 is 1.88. The Bertz CT molecular complexity index is 549. The van der Waals surface area contributed by atoms with Crippen LogP contribution in [0.2, 0.25) is 0 Å². The van der Waals surface area contributed by atoms with E-state index in [-0.39, 0.29) is 17.9 Å². The number of piperazine rings is 1. The molecule has 2 amide bonds. The van der Waals surface area contributed by atoms with Crippen molar-refractivity contribution in [1.29, 1.82) is 0 Å². The molecule has 1 N–H and O–H groups in total. The minimum absolute atomic E-state index is 0.00131. The van der Waals surface area contributed by atoms with Crippen molar-refractivity contribution in [2.75, 3.05) is 26.2 Å². The molecule has 120 valence electrons. The van der Waals surface area contributed by atoms with E-state index in [4.69, 9.17) is 0 Å². The highest BCUT2D eigenvalue weighted by molar-refractivity contribution is 7.11. The third kappa shape index (κ3) is 3.50. The molecule has 0 radical (unpaired) electrons. The van der Waals surface area contributed by atoms with Gasteiger partial charge in [0.25, 0.3) is 0 Å². The zero-order valence-corrected chi connectivity index (χ0v) is 13.8. The smallest absolute Gasteiger partial charge is 0.245 e. The zero-order chi connectivity index (χ0) is 15.5. The summed E-state index contributed by atoms with van der Waals surface area (Å²) in [6, 6.07) is 4.14. The maximum absolute atomic E-state index is 12.3. The van der Waals surface area contributed by atoms with Crippen LogP contribution in [0.3, 0.4) is 0 Å². The second-order valence-corrected chi connectivity index (χ2v) is 7.23. The number of carbonyl (C=O) groups is 2. The topological polar surface area (TPSA) is 52.7 Å². The SMILES string of the molecule is CCc1ccc(CN2CCN(C(=O)[C@@H]3CCC(=O)N3)CC2)s1. The van der Waals surface area contributed by atoms with Crippen molar-refractivity contribution >= 4 is 23.2 Å². The van der Waals surface area contributed by atoms with Gasteiger partial charge in [-0.2, -0.15) is 0 Å². The minimum atomic E-state index is -0.288. The summed E-state index contributed by atoms with van der Waals surface area (Å²) in [5.74, 6) is 0.0938. The predicted octanol–water partition coefficient (Wildman–Crippen LogP) is 1.23. The third-order valence-corrected chi connectivity index (χ3v) is 5.64. The Morgan fingerprint density at radius 2 is 2.00 bits per heavy atom. The summed E-state index contributed by atoms with van der Waals surface area (Å²) < 4.78 is 0. The minimum Gasteiger partial charge on any atom is -0.344 e. The Balaban J connectivity index is 1.47. The first kappa shape index (κ1) is 15.5. The first-order chi connectivity index (χ1) is 10.7. The Morgan fingerprint density at radius 1 is 1.27 bits per heavy atom. The van der Waals surface area contributed by atoms with E-state index < -0.39 is 0 Å². The van der Waals surface area contributed by atoms with Gasteiger partial charge in [-0.1, -0.05) is 6.92 Å². The van der Waals surface area contributed by atoms with Gasteiger partial charge in [-0.3, -0.25) is 14.5 Å². The van der Waals surface area contributed by atoms with Crippen molar-refractivity contribution in [3.63, 3.8) is 0 Å². The molecule has 6 heteroatoms. The van der Waals surface area contributed by atoms with Gasteiger partial charge in [0.1, 0.15) is 6.04 Å². The van der Waals surface area contributed by atoms with Crippen molar-refractivity contribution in [3.8, 4) is 0 Å². The molecule has 0 aliphatic carbocycles. The van der Waals surface area contributed by atoms with Crippen LogP contribution in [0.1, 0.15) is 29.5 Å². The van der Waals surface area contributed by atoms with E-state index in [1.165, 1.54) is 9.75 Å². The maximum atomic E-state index is 12.3. The number of rotatable bonds is 4. The Kier molecular flexibility index (Phi) is 4.78. The van der Waals surface area contributed by atoms with Crippen LogP contribution in [0.4, 0.5) is 0 Å². The van der Waals surface area contributed by atoms with Crippen LogP contribution in [0.25, 0.3) is 0 Å². The van der Waals surface area contributed by atoms with E-state index in [0.717, 1.165) is 39.1 Å². The lowest BCUT2D eigenvalue weighted by atomic mass is 10.2. The fraction of sp³-hybridized carbons (Fsp3) is 0.625. The van der Waals surface area contributed by atoms with Crippen molar-refractivity contribution < 1.29 is 9.59 Å². The number of carbonyl (C=O) groups excluding carboxylic acids is 2. The second kappa shape index (κ2) is 6.79. The molecule has 0 saturated carbocycles. The molecule has 0 unspecified atom stereocenters. The largest absolute Gasteiger partial charge is 0.344 e. The third-order valence-electron chi connectivity index (χ3n) is 4.42. The van der Waals surface area contributed by atoms with Crippen molar-refractivity contribution in [1.82, 2.24) is 15.1 Å². The van der Waals surface area contributed by atoms with E-state index in [1.54, 1.807) is 0 Å². The molecular formula is C16H23N3O2S. The molecule has 1 atom stereocenters. The number of hydrogen-bond donors (Lipinski definition) is 1. The molecule has 22 heavy (non-hydrogen) atoms. The van der Waals surface area contributed by atoms with Crippen LogP contribution in [-0.4, -0.2) is 53.8 Å². The highest BCUT2D eigenvalue weighted by Gasteiger charge is 2.32. The van der Waals surface area contributed by atoms with E-state index in [9.17, 15) is 9.59 Å². The van der Waals surface area contributed by atoms with Crippen LogP contribution in [0.5, 0.6) is 0 Å². The van der Waals surface area contributed by atoms with E-state index >= 15 is 0 Å². The summed E-state index contributed by atoms with van der Waals surface area (Å²) in [6.45, 7) is 6.50. The predicted molar refractivity (Wildman–Crippen MR) is 86.7 cm³/mol. The van der Waals surface area contributed by atoms with Gasteiger partial charge in [0.2, 0.25) is 11.8 Å². The molecular weight excluding hydrogens is 298 g/mol. The van der Waals surface area contributed by atoms with Crippen LogP contribution >= 0.6 is 11.3 Å². The number of amides is 2. The number of nitrogens with one attached hydrogen (secondary N) is 1. The van der Waals surface area contributed by atoms with Gasteiger partial charge >= 0.3 is 0 Å². The quantitative estimate of drug-likeness (QED) is 0.908. The van der Waals surface area contributed by atoms with Crippen LogP contribution in [0, 0.1) is 0 Å². The van der Waals surface area contributed by atoms with Crippen molar-refractivity contribution in [2.24, 2.45) is 0 Å². The normalized spacial score (nSPS) is 22.9. The van der Waals surface area contributed by atoms with Gasteiger partial charge in [-0.15, -0.1) is 11.3 Å². The highest BCUT2D eigenvalue weighted by atomic mass is 32.1. The van der Waals surface area contributed by atoms with Gasteiger partial charge in [0.05, 0.1) is 0 Å². The summed E-state index contributed by atoms with van der Waals surface area (Å²) in [6.07, 6.45) is 2.22. The maximum Gasteiger partial charge on any atom is 0.245 e. The summed E-state index contributed by atoms with van der Waals surface area (Å²) in [4.78, 5) is 30.7. The molecule has 1 aromatic heterocycles. The average Bonchev–Trinajstić information content (AvgIpc) is 3.16. The van der Waals surface area contributed by atoms with Crippen molar-refractivity contribution in [2.45, 2.75) is 38.8 Å². The molecule has 5 nitrogen and oxygen atoms in total. The van der Waals surface area contributed by atoms with E-state index in [0.29, 0.717) is 12.8 Å². The number of hydrogen-bond acceptors (Lipinski definition) is 4.